The lowest BCUT2D eigenvalue weighted by Gasteiger charge is -1.88. The molecule has 0 amide bonds. The Kier molecular flexibility index (Phi) is 38.4. The van der Waals surface area contributed by atoms with E-state index in [1.807, 2.05) is 58.0 Å². The molecule has 0 heterocycles. The third kappa shape index (κ3) is 126. The van der Waals surface area contributed by atoms with E-state index < -0.39 is 13.4 Å². The first kappa shape index (κ1) is 35.1. The smallest absolute Gasteiger partial charge is 0.319 e. The van der Waals surface area contributed by atoms with Crippen LogP contribution < -0.4 is 0 Å². The van der Waals surface area contributed by atoms with Crippen molar-refractivity contribution in [3.05, 3.63) is 35.4 Å². The molecule has 0 fully saturated rings. The summed E-state index contributed by atoms with van der Waals surface area (Å²) >= 11 is 16.3. The maximum absolute atomic E-state index is 7.56. The largest absolute Gasteiger partial charge is 0.325 e. The molecule has 0 unspecified atom stereocenters. The van der Waals surface area contributed by atoms with Gasteiger partial charge in [0.1, 0.15) is 0 Å². The predicted octanol–water partition coefficient (Wildman–Crippen LogP) is 3.31. The molecule has 23 heavy (non-hydrogen) atoms. The molecule has 6 nitrogen and oxygen atoms in total. The molecule has 12 heteroatoms. The van der Waals surface area contributed by atoms with Crippen molar-refractivity contribution in [2.24, 2.45) is 0 Å². The van der Waals surface area contributed by atoms with Gasteiger partial charge in [0.05, 0.1) is 0 Å². The number of benzene rings is 1. The van der Waals surface area contributed by atoms with Crippen molar-refractivity contribution in [3.63, 3.8) is 0 Å². The molecular weight excluding hydrogens is 422 g/mol. The van der Waals surface area contributed by atoms with Gasteiger partial charge in [-0.1, -0.05) is 57.5 Å². The molecule has 0 aromatic heterocycles. The zero-order valence-electron chi connectivity index (χ0n) is 13.6. The molecule has 1 rings (SSSR count). The van der Waals surface area contributed by atoms with E-state index in [0.717, 1.165) is 5.02 Å². The molecular formula is C11H27ClO6P2S3. The van der Waals surface area contributed by atoms with Crippen LogP contribution in [0, 0.1) is 0 Å². The van der Waals surface area contributed by atoms with E-state index in [9.17, 15) is 0 Å². The molecule has 0 radical (unpaired) electrons. The quantitative estimate of drug-likeness (QED) is 0.238. The summed E-state index contributed by atoms with van der Waals surface area (Å²) in [6.45, 7) is 0.389. The topological polar surface area (TPSA) is 121 Å². The number of rotatable bonds is 0. The summed E-state index contributed by atoms with van der Waals surface area (Å²) in [4.78, 5) is 45.3. The Morgan fingerprint density at radius 3 is 1.00 bits per heavy atom. The molecule has 0 saturated heterocycles. The minimum atomic E-state index is -3.81. The van der Waals surface area contributed by atoms with E-state index in [1.165, 1.54) is 0 Å². The summed E-state index contributed by atoms with van der Waals surface area (Å²) in [7, 11) is 0. The van der Waals surface area contributed by atoms with E-state index in [4.69, 9.17) is 41.0 Å². The Labute approximate surface area is 159 Å². The average molecular weight is 449 g/mol. The first-order chi connectivity index (χ1) is 10.4. The van der Waals surface area contributed by atoms with Crippen molar-refractivity contribution in [3.8, 4) is 0 Å². The van der Waals surface area contributed by atoms with Crippen molar-refractivity contribution in [1.82, 2.24) is 0 Å². The summed E-state index contributed by atoms with van der Waals surface area (Å²) in [6, 6.07) is 9.44. The van der Waals surface area contributed by atoms with Crippen molar-refractivity contribution in [1.29, 1.82) is 0 Å². The second-order valence-electron chi connectivity index (χ2n) is 2.32. The van der Waals surface area contributed by atoms with E-state index in [2.05, 4.69) is 36.2 Å². The van der Waals surface area contributed by atoms with Crippen LogP contribution in [0.5, 0.6) is 0 Å². The highest BCUT2D eigenvalue weighted by Gasteiger charge is 1.92. The van der Waals surface area contributed by atoms with Crippen LogP contribution in [-0.2, 0) is 23.6 Å². The van der Waals surface area contributed by atoms with Crippen LogP contribution in [0.4, 0.5) is 0 Å². The van der Waals surface area contributed by atoms with Gasteiger partial charge in [-0.3, -0.25) is 0 Å². The summed E-state index contributed by atoms with van der Waals surface area (Å²) in [5.41, 5.74) is 0. The highest BCUT2D eigenvalue weighted by atomic mass is 35.5. The maximum Gasteiger partial charge on any atom is 0.319 e. The van der Waals surface area contributed by atoms with Gasteiger partial charge >= 0.3 is 13.4 Å². The Balaban J connectivity index is -0.0000000615. The van der Waals surface area contributed by atoms with Crippen LogP contribution in [0.3, 0.4) is 0 Å². The van der Waals surface area contributed by atoms with Gasteiger partial charge in [0.25, 0.3) is 0 Å². The van der Waals surface area contributed by atoms with Crippen LogP contribution in [0.1, 0.15) is 27.7 Å². The van der Waals surface area contributed by atoms with Gasteiger partial charge in [-0.25, -0.2) is 0 Å². The lowest BCUT2D eigenvalue weighted by atomic mass is 10.4. The molecule has 142 valence electrons. The molecule has 0 atom stereocenters. The first-order valence-electron chi connectivity index (χ1n) is 6.11. The van der Waals surface area contributed by atoms with Crippen molar-refractivity contribution < 1.29 is 29.4 Å². The second-order valence-corrected chi connectivity index (χ2v) is 7.75. The Morgan fingerprint density at radius 2 is 0.913 bits per heavy atom. The van der Waals surface area contributed by atoms with Crippen LogP contribution >= 0.6 is 37.7 Å². The van der Waals surface area contributed by atoms with E-state index >= 15 is 0 Å². The normalized spacial score (nSPS) is 8.57. The fraction of sp³-hybridized carbons (Fsp3) is 0.455. The molecule has 0 spiro atoms. The molecule has 0 aliphatic rings. The fourth-order valence-electron chi connectivity index (χ4n) is 0.415. The molecule has 0 saturated carbocycles. The van der Waals surface area contributed by atoms with E-state index in [-0.39, 0.29) is 0 Å². The van der Waals surface area contributed by atoms with Gasteiger partial charge < -0.3 is 29.4 Å². The summed E-state index contributed by atoms with van der Waals surface area (Å²) < 4.78 is 0. The Hall–Kier alpha value is 0.920. The monoisotopic (exact) mass is 448 g/mol. The zero-order valence-corrected chi connectivity index (χ0v) is 18.7. The van der Waals surface area contributed by atoms with Gasteiger partial charge in [0.2, 0.25) is 0 Å². The molecule has 1 aromatic carbocycles. The van der Waals surface area contributed by atoms with Gasteiger partial charge in [-0.2, -0.15) is 12.6 Å². The van der Waals surface area contributed by atoms with Crippen LogP contribution in [0.2, 0.25) is 5.02 Å². The lowest BCUT2D eigenvalue weighted by molar-refractivity contribution is 0.361. The second kappa shape index (κ2) is 25.2. The first-order valence-corrected chi connectivity index (χ1v) is 12.7. The third-order valence-electron chi connectivity index (χ3n) is 0.733. The van der Waals surface area contributed by atoms with Gasteiger partial charge in [-0.05, 0) is 42.0 Å². The van der Waals surface area contributed by atoms with Gasteiger partial charge in [-0.15, -0.1) is 0 Å². The molecule has 1 aromatic rings. The number of halogens is 1. The van der Waals surface area contributed by atoms with Gasteiger partial charge in [0, 0.05) is 5.02 Å². The molecule has 0 aliphatic carbocycles. The highest BCUT2D eigenvalue weighted by molar-refractivity contribution is 8.06. The summed E-state index contributed by atoms with van der Waals surface area (Å²) in [5, 5.41) is 0.794. The van der Waals surface area contributed by atoms with Crippen LogP contribution in [-0.4, -0.2) is 35.6 Å². The van der Waals surface area contributed by atoms with Crippen LogP contribution in [0.15, 0.2) is 30.3 Å². The van der Waals surface area contributed by atoms with Crippen molar-refractivity contribution in [2.45, 2.75) is 27.7 Å². The zero-order chi connectivity index (χ0) is 20.1. The van der Waals surface area contributed by atoms with Crippen LogP contribution in [0.25, 0.3) is 0 Å². The van der Waals surface area contributed by atoms with Crippen molar-refractivity contribution >= 4 is 61.3 Å². The summed E-state index contributed by atoms with van der Waals surface area (Å²) in [5.74, 6) is 0. The average Bonchev–Trinajstić information content (AvgIpc) is 2.43. The third-order valence-corrected chi connectivity index (χ3v) is 0.985. The van der Waals surface area contributed by atoms with E-state index in [1.54, 1.807) is 6.26 Å². The summed E-state index contributed by atoms with van der Waals surface area (Å²) in [6.07, 6.45) is 1.69. The number of hydrogen-bond donors (Lipinski definition) is 7. The Morgan fingerprint density at radius 1 is 0.739 bits per heavy atom. The maximum atomic E-state index is 7.56. The van der Waals surface area contributed by atoms with Gasteiger partial charge in [0.15, 0.2) is 0 Å². The Bertz CT molecular complexity index is 363. The van der Waals surface area contributed by atoms with Crippen molar-refractivity contribution in [2.75, 3.05) is 6.26 Å². The minimum absolute atomic E-state index is 0.794. The fourth-order valence-corrected chi connectivity index (χ4v) is 0.560. The predicted molar refractivity (Wildman–Crippen MR) is 111 cm³/mol. The molecule has 0 bridgehead atoms. The minimum Gasteiger partial charge on any atom is -0.325 e. The molecule has 0 aliphatic heterocycles. The molecule has 6 N–H and O–H groups in total. The number of hydrogen-bond acceptors (Lipinski definition) is 3. The van der Waals surface area contributed by atoms with E-state index in [0.29, 0.717) is 0 Å². The standard InChI is InChI=1S/C6H5Cl.2C2H6.CH4S.2H3O3PS/c7-6-4-2-1-3-5-6;3*1-2;2*1-4(2,3)5/h1-5H;2*1-2H3;2H,1H3;2*(H3,1,2,3,5). The SMILES string of the molecule is CC.CC.CS.Clc1ccccc1.OP(O)(O)=S.OP(O)(O)=S. The number of thiol groups is 1. The lowest BCUT2D eigenvalue weighted by Crippen LogP contribution is -1.65. The highest BCUT2D eigenvalue weighted by Crippen LogP contribution is 2.26.